The van der Waals surface area contributed by atoms with Gasteiger partial charge in [0.1, 0.15) is 6.04 Å². The van der Waals surface area contributed by atoms with Crippen LogP contribution in [0.3, 0.4) is 0 Å². The smallest absolute Gasteiger partial charge is 0.323 e. The molecule has 0 amide bonds. The zero-order valence-corrected chi connectivity index (χ0v) is 14.3. The molecule has 1 saturated carbocycles. The highest BCUT2D eigenvalue weighted by Crippen LogP contribution is 2.44. The lowest BCUT2D eigenvalue weighted by Gasteiger charge is -2.37. The zero-order chi connectivity index (χ0) is 15.6. The molecule has 0 unspecified atom stereocenters. The topological polar surface area (TPSA) is 78.8 Å². The van der Waals surface area contributed by atoms with E-state index in [1.165, 1.54) is 0 Å². The normalized spacial score (nSPS) is 19.7. The van der Waals surface area contributed by atoms with Gasteiger partial charge < -0.3 is 20.0 Å². The van der Waals surface area contributed by atoms with Gasteiger partial charge in [0.05, 0.1) is 6.61 Å². The Morgan fingerprint density at radius 1 is 1.40 bits per heavy atom. The fraction of sp³-hybridized carbons (Fsp3) is 0.929. The van der Waals surface area contributed by atoms with Crippen LogP contribution >= 0.6 is 0 Å². The van der Waals surface area contributed by atoms with E-state index in [1.54, 1.807) is 0 Å². The molecule has 0 saturated heterocycles. The summed E-state index contributed by atoms with van der Waals surface area (Å²) in [6.07, 6.45) is 1.93. The van der Waals surface area contributed by atoms with E-state index in [-0.39, 0.29) is 23.7 Å². The molecule has 0 heterocycles. The van der Waals surface area contributed by atoms with Crippen LogP contribution in [0.5, 0.6) is 0 Å². The van der Waals surface area contributed by atoms with Gasteiger partial charge in [-0.05, 0) is 31.0 Å². The van der Waals surface area contributed by atoms with E-state index in [0.717, 1.165) is 12.8 Å². The molecule has 0 aliphatic heterocycles. The lowest BCUT2D eigenvalue weighted by atomic mass is 10.1. The Bertz CT molecular complexity index is 348. The lowest BCUT2D eigenvalue weighted by molar-refractivity contribution is -0.140. The highest BCUT2D eigenvalue weighted by molar-refractivity contribution is 6.74. The quantitative estimate of drug-likeness (QED) is 0.596. The number of aliphatic carboxylic acids is 1. The molecule has 3 N–H and O–H groups in total. The fourth-order valence-electron chi connectivity index (χ4n) is 1.63. The van der Waals surface area contributed by atoms with Gasteiger partial charge in [0.25, 0.3) is 0 Å². The molecular formula is C14H29NO4Si. The van der Waals surface area contributed by atoms with E-state index in [4.69, 9.17) is 4.43 Å². The summed E-state index contributed by atoms with van der Waals surface area (Å²) < 4.78 is 5.97. The van der Waals surface area contributed by atoms with E-state index in [1.807, 2.05) is 0 Å². The van der Waals surface area contributed by atoms with Gasteiger partial charge in [-0.25, -0.2) is 0 Å². The summed E-state index contributed by atoms with van der Waals surface area (Å²) in [6, 6.07) is -0.701. The summed E-state index contributed by atoms with van der Waals surface area (Å²) in [6.45, 7) is 11.5. The second kappa shape index (κ2) is 6.13. The minimum Gasteiger partial charge on any atom is -0.480 e. The molecule has 0 bridgehead atoms. The zero-order valence-electron chi connectivity index (χ0n) is 13.3. The Labute approximate surface area is 122 Å². The van der Waals surface area contributed by atoms with Crippen LogP contribution in [0.2, 0.25) is 18.1 Å². The van der Waals surface area contributed by atoms with Crippen LogP contribution in [0.25, 0.3) is 0 Å². The van der Waals surface area contributed by atoms with E-state index in [2.05, 4.69) is 39.2 Å². The van der Waals surface area contributed by atoms with E-state index in [9.17, 15) is 15.0 Å². The molecule has 0 spiro atoms. The Kier molecular flexibility index (Phi) is 5.40. The number of aliphatic hydroxyl groups excluding tert-OH is 1. The first-order chi connectivity index (χ1) is 9.03. The van der Waals surface area contributed by atoms with Gasteiger partial charge in [-0.2, -0.15) is 0 Å². The molecule has 0 aromatic carbocycles. The number of aliphatic hydroxyl groups is 1. The summed E-state index contributed by atoms with van der Waals surface area (Å²) in [7, 11) is -1.93. The molecule has 1 atom stereocenters. The summed E-state index contributed by atoms with van der Waals surface area (Å²) in [4.78, 5) is 11.3. The molecule has 1 aliphatic rings. The number of carbonyl (C=O) groups is 1. The average Bonchev–Trinajstić information content (AvgIpc) is 3.07. The lowest BCUT2D eigenvalue weighted by Crippen LogP contribution is -2.49. The molecule has 5 nitrogen and oxygen atoms in total. The minimum atomic E-state index is -1.93. The van der Waals surface area contributed by atoms with Crippen molar-refractivity contribution in [1.29, 1.82) is 0 Å². The van der Waals surface area contributed by atoms with Crippen molar-refractivity contribution in [3.63, 3.8) is 0 Å². The van der Waals surface area contributed by atoms with Crippen LogP contribution in [0, 0.1) is 5.41 Å². The number of hydrogen-bond donors (Lipinski definition) is 3. The average molecular weight is 303 g/mol. The molecule has 0 aromatic heterocycles. The number of rotatable bonds is 8. The van der Waals surface area contributed by atoms with E-state index >= 15 is 0 Å². The Hall–Kier alpha value is -0.433. The molecule has 0 aromatic rings. The van der Waals surface area contributed by atoms with Crippen molar-refractivity contribution in [1.82, 2.24) is 5.32 Å². The first kappa shape index (κ1) is 17.6. The molecule has 118 valence electrons. The van der Waals surface area contributed by atoms with Gasteiger partial charge >= 0.3 is 5.97 Å². The van der Waals surface area contributed by atoms with Crippen molar-refractivity contribution in [2.24, 2.45) is 5.41 Å². The van der Waals surface area contributed by atoms with Crippen LogP contribution in [0.15, 0.2) is 0 Å². The largest absolute Gasteiger partial charge is 0.480 e. The van der Waals surface area contributed by atoms with Crippen molar-refractivity contribution in [2.75, 3.05) is 19.8 Å². The Balaban J connectivity index is 2.50. The molecule has 1 fully saturated rings. The van der Waals surface area contributed by atoms with Gasteiger partial charge in [-0.1, -0.05) is 20.8 Å². The van der Waals surface area contributed by atoms with Crippen LogP contribution in [-0.4, -0.2) is 50.3 Å². The maximum absolute atomic E-state index is 11.3. The molecule has 0 radical (unpaired) electrons. The van der Waals surface area contributed by atoms with Crippen molar-refractivity contribution >= 4 is 14.3 Å². The highest BCUT2D eigenvalue weighted by Gasteiger charge is 2.43. The van der Waals surface area contributed by atoms with Crippen molar-refractivity contribution in [2.45, 2.75) is 57.8 Å². The molecule has 6 heteroatoms. The third-order valence-electron chi connectivity index (χ3n) is 4.73. The van der Waals surface area contributed by atoms with Gasteiger partial charge in [-0.15, -0.1) is 0 Å². The predicted molar refractivity (Wildman–Crippen MR) is 81.3 cm³/mol. The summed E-state index contributed by atoms with van der Waals surface area (Å²) in [5, 5.41) is 21.6. The fourth-order valence-corrected chi connectivity index (χ4v) is 2.65. The van der Waals surface area contributed by atoms with Crippen molar-refractivity contribution in [3.8, 4) is 0 Å². The maximum Gasteiger partial charge on any atom is 0.323 e. The van der Waals surface area contributed by atoms with E-state index in [0.29, 0.717) is 6.54 Å². The second-order valence-electron chi connectivity index (χ2n) is 7.50. The third kappa shape index (κ3) is 4.55. The molecule has 1 rings (SSSR count). The summed E-state index contributed by atoms with van der Waals surface area (Å²) >= 11 is 0. The van der Waals surface area contributed by atoms with Crippen molar-refractivity contribution < 1.29 is 19.4 Å². The van der Waals surface area contributed by atoms with E-state index < -0.39 is 20.3 Å². The number of carboxylic acids is 1. The predicted octanol–water partition coefficient (Wildman–Crippen LogP) is 1.82. The van der Waals surface area contributed by atoms with Gasteiger partial charge in [0.2, 0.25) is 0 Å². The SMILES string of the molecule is CC(C)(C)[Si](C)(C)OC[C@@H](NCC1(CO)CC1)C(=O)O. The van der Waals surface area contributed by atoms with Gasteiger partial charge in [-0.3, -0.25) is 4.79 Å². The third-order valence-corrected chi connectivity index (χ3v) is 9.23. The van der Waals surface area contributed by atoms with Gasteiger partial charge in [0.15, 0.2) is 8.32 Å². The van der Waals surface area contributed by atoms with Crippen LogP contribution < -0.4 is 5.32 Å². The second-order valence-corrected chi connectivity index (χ2v) is 12.3. The van der Waals surface area contributed by atoms with Crippen molar-refractivity contribution in [3.05, 3.63) is 0 Å². The number of hydrogen-bond acceptors (Lipinski definition) is 4. The number of nitrogens with one attached hydrogen (secondary N) is 1. The highest BCUT2D eigenvalue weighted by atomic mass is 28.4. The van der Waals surface area contributed by atoms with Crippen LogP contribution in [0.1, 0.15) is 33.6 Å². The van der Waals surface area contributed by atoms with Crippen LogP contribution in [-0.2, 0) is 9.22 Å². The Morgan fingerprint density at radius 2 is 1.95 bits per heavy atom. The number of carboxylic acid groups (broad SMARTS) is 1. The molecule has 20 heavy (non-hydrogen) atoms. The first-order valence-electron chi connectivity index (χ1n) is 7.24. The molecular weight excluding hydrogens is 274 g/mol. The minimum absolute atomic E-state index is 0.0683. The van der Waals surface area contributed by atoms with Gasteiger partial charge in [0, 0.05) is 18.6 Å². The van der Waals surface area contributed by atoms with Crippen LogP contribution in [0.4, 0.5) is 0 Å². The Morgan fingerprint density at radius 3 is 2.30 bits per heavy atom. The summed E-state index contributed by atoms with van der Waals surface area (Å²) in [5.74, 6) is -0.891. The summed E-state index contributed by atoms with van der Waals surface area (Å²) in [5.41, 5.74) is -0.0926. The first-order valence-corrected chi connectivity index (χ1v) is 10.1. The monoisotopic (exact) mass is 303 g/mol. The maximum atomic E-state index is 11.3. The molecule has 1 aliphatic carbocycles. The standard InChI is InChI=1S/C14H29NO4Si/c1-13(2,3)20(4,5)19-8-11(12(17)18)15-9-14(10-16)6-7-14/h11,15-16H,6-10H2,1-5H3,(H,17,18)/t11-/m1/s1.